The number of hydrogen-bond acceptors (Lipinski definition) is 5. The van der Waals surface area contributed by atoms with E-state index in [2.05, 4.69) is 0 Å². The molecule has 0 bridgehead atoms. The van der Waals surface area contributed by atoms with E-state index in [1.807, 2.05) is 6.92 Å². The van der Waals surface area contributed by atoms with Gasteiger partial charge in [-0.1, -0.05) is 53.8 Å². The van der Waals surface area contributed by atoms with E-state index in [1.165, 1.54) is 47.0 Å². The highest BCUT2D eigenvalue weighted by Crippen LogP contribution is 2.34. The standard InChI is InChI=1S/C19H13ClFNO3S2/c1-2-22-17(23)16(27-19(22)26)10-11-7-8-15(13(20)9-11)25-18(24)12-5-3-4-6-14(12)21/h3-10H,2H2,1H3/b16-10-. The highest BCUT2D eigenvalue weighted by atomic mass is 35.5. The van der Waals surface area contributed by atoms with E-state index in [1.54, 1.807) is 18.2 Å². The Kier molecular flexibility index (Phi) is 5.94. The molecule has 2 aromatic carbocycles. The summed E-state index contributed by atoms with van der Waals surface area (Å²) in [6.45, 7) is 2.36. The van der Waals surface area contributed by atoms with Crippen LogP contribution in [0.15, 0.2) is 47.4 Å². The molecule has 1 saturated heterocycles. The van der Waals surface area contributed by atoms with Gasteiger partial charge in [-0.2, -0.15) is 0 Å². The van der Waals surface area contributed by atoms with Gasteiger partial charge in [-0.15, -0.1) is 0 Å². The lowest BCUT2D eigenvalue weighted by Gasteiger charge is -2.09. The van der Waals surface area contributed by atoms with Crippen molar-refractivity contribution in [3.05, 3.63) is 69.3 Å². The number of thiocarbonyl (C=S) groups is 1. The number of ether oxygens (including phenoxy) is 1. The predicted octanol–water partition coefficient (Wildman–Crippen LogP) is 4.92. The lowest BCUT2D eigenvalue weighted by atomic mass is 10.2. The number of hydrogen-bond donors (Lipinski definition) is 0. The van der Waals surface area contributed by atoms with Gasteiger partial charge in [0.05, 0.1) is 15.5 Å². The number of esters is 1. The number of carbonyl (C=O) groups is 2. The molecule has 1 amide bonds. The first-order valence-corrected chi connectivity index (χ1v) is 9.52. The molecule has 0 radical (unpaired) electrons. The molecular weight excluding hydrogens is 409 g/mol. The van der Waals surface area contributed by atoms with E-state index < -0.39 is 11.8 Å². The van der Waals surface area contributed by atoms with Gasteiger partial charge < -0.3 is 4.74 Å². The molecule has 1 heterocycles. The van der Waals surface area contributed by atoms with Crippen LogP contribution in [0.4, 0.5) is 4.39 Å². The Bertz CT molecular complexity index is 977. The van der Waals surface area contributed by atoms with Crippen molar-refractivity contribution in [2.24, 2.45) is 0 Å². The summed E-state index contributed by atoms with van der Waals surface area (Å²) in [5.41, 5.74) is 0.475. The number of thioether (sulfide) groups is 1. The summed E-state index contributed by atoms with van der Waals surface area (Å²) in [6.07, 6.45) is 1.67. The van der Waals surface area contributed by atoms with Crippen molar-refractivity contribution in [1.29, 1.82) is 0 Å². The SMILES string of the molecule is CCN1C(=O)/C(=C/c2ccc(OC(=O)c3ccccc3F)c(Cl)c2)SC1=S. The molecule has 1 aliphatic rings. The number of halogens is 2. The van der Waals surface area contributed by atoms with Crippen LogP contribution in [0.2, 0.25) is 5.02 Å². The first-order chi connectivity index (χ1) is 12.9. The number of nitrogens with zero attached hydrogens (tertiary/aromatic N) is 1. The fraction of sp³-hybridized carbons (Fsp3) is 0.105. The van der Waals surface area contributed by atoms with Crippen molar-refractivity contribution in [1.82, 2.24) is 4.90 Å². The quantitative estimate of drug-likeness (QED) is 0.303. The van der Waals surface area contributed by atoms with Crippen molar-refractivity contribution in [3.63, 3.8) is 0 Å². The molecule has 1 fully saturated rings. The Hall–Kier alpha value is -2.22. The van der Waals surface area contributed by atoms with Crippen LogP contribution in [-0.2, 0) is 4.79 Å². The molecule has 0 spiro atoms. The van der Waals surface area contributed by atoms with E-state index in [-0.39, 0.29) is 22.2 Å². The molecule has 4 nitrogen and oxygen atoms in total. The summed E-state index contributed by atoms with van der Waals surface area (Å²) in [5, 5.41) is 0.166. The Balaban J connectivity index is 1.80. The maximum absolute atomic E-state index is 13.7. The van der Waals surface area contributed by atoms with Gasteiger partial charge in [0.1, 0.15) is 15.9 Å². The van der Waals surface area contributed by atoms with E-state index >= 15 is 0 Å². The average molecular weight is 422 g/mol. The largest absolute Gasteiger partial charge is 0.421 e. The summed E-state index contributed by atoms with van der Waals surface area (Å²) in [7, 11) is 0. The summed E-state index contributed by atoms with van der Waals surface area (Å²) in [5.74, 6) is -1.57. The number of amides is 1. The summed E-state index contributed by atoms with van der Waals surface area (Å²) in [6, 6.07) is 10.2. The molecular formula is C19H13ClFNO3S2. The minimum atomic E-state index is -0.841. The van der Waals surface area contributed by atoms with E-state index in [0.717, 1.165) is 0 Å². The van der Waals surface area contributed by atoms with Crippen molar-refractivity contribution < 1.29 is 18.7 Å². The highest BCUT2D eigenvalue weighted by Gasteiger charge is 2.30. The molecule has 138 valence electrons. The zero-order chi connectivity index (χ0) is 19.6. The van der Waals surface area contributed by atoms with Gasteiger partial charge >= 0.3 is 5.97 Å². The van der Waals surface area contributed by atoms with Crippen LogP contribution in [0.3, 0.4) is 0 Å². The van der Waals surface area contributed by atoms with Gasteiger partial charge in [-0.3, -0.25) is 9.69 Å². The van der Waals surface area contributed by atoms with Gasteiger partial charge in [-0.25, -0.2) is 9.18 Å². The number of likely N-dealkylation sites (N-methyl/N-ethyl adjacent to an activating group) is 1. The predicted molar refractivity (Wildman–Crippen MR) is 108 cm³/mol. The fourth-order valence-corrected chi connectivity index (χ4v) is 4.01. The van der Waals surface area contributed by atoms with Crippen LogP contribution in [0, 0.1) is 5.82 Å². The first kappa shape index (κ1) is 19.5. The third kappa shape index (κ3) is 4.21. The second kappa shape index (κ2) is 8.21. The lowest BCUT2D eigenvalue weighted by Crippen LogP contribution is -2.27. The highest BCUT2D eigenvalue weighted by molar-refractivity contribution is 8.26. The Labute approximate surface area is 169 Å². The van der Waals surface area contributed by atoms with Crippen molar-refractivity contribution in [2.75, 3.05) is 6.54 Å². The minimum absolute atomic E-state index is 0.100. The fourth-order valence-electron chi connectivity index (χ4n) is 2.40. The van der Waals surface area contributed by atoms with E-state index in [4.69, 9.17) is 28.6 Å². The molecule has 0 saturated carbocycles. The first-order valence-electron chi connectivity index (χ1n) is 7.92. The molecule has 0 aromatic heterocycles. The summed E-state index contributed by atoms with van der Waals surface area (Å²) < 4.78 is 19.4. The van der Waals surface area contributed by atoms with Crippen LogP contribution in [0.25, 0.3) is 6.08 Å². The normalized spacial score (nSPS) is 15.5. The Morgan fingerprint density at radius 1 is 1.33 bits per heavy atom. The van der Waals surface area contributed by atoms with E-state index in [0.29, 0.717) is 21.3 Å². The third-order valence-electron chi connectivity index (χ3n) is 3.74. The molecule has 0 N–H and O–H groups in total. The van der Waals surface area contributed by atoms with Crippen molar-refractivity contribution in [2.45, 2.75) is 6.92 Å². The third-order valence-corrected chi connectivity index (χ3v) is 5.41. The number of benzene rings is 2. The van der Waals surface area contributed by atoms with Crippen molar-refractivity contribution in [3.8, 4) is 5.75 Å². The number of carbonyl (C=O) groups excluding carboxylic acids is 2. The minimum Gasteiger partial charge on any atom is -0.421 e. The van der Waals surface area contributed by atoms with Crippen molar-refractivity contribution >= 4 is 57.9 Å². The summed E-state index contributed by atoms with van der Waals surface area (Å²) in [4.78, 5) is 26.4. The molecule has 0 atom stereocenters. The second-order valence-corrected chi connectivity index (χ2v) is 7.57. The molecule has 0 aliphatic carbocycles. The smallest absolute Gasteiger partial charge is 0.346 e. The van der Waals surface area contributed by atoms with Gasteiger partial charge in [0.15, 0.2) is 0 Å². The van der Waals surface area contributed by atoms with Gasteiger partial charge in [-0.05, 0) is 42.8 Å². The van der Waals surface area contributed by atoms with Crippen LogP contribution >= 0.6 is 35.6 Å². The maximum atomic E-state index is 13.7. The molecule has 1 aliphatic heterocycles. The zero-order valence-electron chi connectivity index (χ0n) is 14.1. The molecule has 2 aromatic rings. The molecule has 27 heavy (non-hydrogen) atoms. The Morgan fingerprint density at radius 2 is 2.07 bits per heavy atom. The van der Waals surface area contributed by atoms with Crippen LogP contribution in [0.5, 0.6) is 5.75 Å². The lowest BCUT2D eigenvalue weighted by molar-refractivity contribution is -0.121. The van der Waals surface area contributed by atoms with Crippen LogP contribution in [0.1, 0.15) is 22.8 Å². The van der Waals surface area contributed by atoms with E-state index in [9.17, 15) is 14.0 Å². The molecule has 0 unspecified atom stereocenters. The molecule has 3 rings (SSSR count). The van der Waals surface area contributed by atoms with Gasteiger partial charge in [0.2, 0.25) is 0 Å². The maximum Gasteiger partial charge on any atom is 0.346 e. The van der Waals surface area contributed by atoms with Crippen LogP contribution < -0.4 is 4.74 Å². The van der Waals surface area contributed by atoms with Gasteiger partial charge in [0.25, 0.3) is 5.91 Å². The second-order valence-electron chi connectivity index (χ2n) is 5.49. The number of rotatable bonds is 4. The Morgan fingerprint density at radius 3 is 2.70 bits per heavy atom. The average Bonchev–Trinajstić information content (AvgIpc) is 2.90. The summed E-state index contributed by atoms with van der Waals surface area (Å²) >= 11 is 12.6. The molecule has 8 heteroatoms. The van der Waals surface area contributed by atoms with Gasteiger partial charge in [0, 0.05) is 6.54 Å². The zero-order valence-corrected chi connectivity index (χ0v) is 16.5. The van der Waals surface area contributed by atoms with Crippen LogP contribution in [-0.4, -0.2) is 27.6 Å². The topological polar surface area (TPSA) is 46.6 Å². The monoisotopic (exact) mass is 421 g/mol.